The van der Waals surface area contributed by atoms with E-state index in [2.05, 4.69) is 27.5 Å². The summed E-state index contributed by atoms with van der Waals surface area (Å²) in [6.07, 6.45) is 3.02. The molecule has 2 aromatic heterocycles. The number of aromatic nitrogens is 4. The first-order chi connectivity index (χ1) is 11.2. The number of carbonyl (C=O) groups is 1. The predicted molar refractivity (Wildman–Crippen MR) is 85.2 cm³/mol. The quantitative estimate of drug-likeness (QED) is 0.804. The van der Waals surface area contributed by atoms with Gasteiger partial charge in [-0.05, 0) is 12.5 Å². The van der Waals surface area contributed by atoms with Gasteiger partial charge in [-0.15, -0.1) is 10.2 Å². The summed E-state index contributed by atoms with van der Waals surface area (Å²) in [5, 5.41) is 15.9. The van der Waals surface area contributed by atoms with Crippen LogP contribution >= 0.6 is 0 Å². The smallest absolute Gasteiger partial charge is 0.223 e. The molecule has 0 spiro atoms. The topological polar surface area (TPSA) is 84.7 Å². The molecular formula is C15H22N6O2. The summed E-state index contributed by atoms with van der Waals surface area (Å²) in [5.41, 5.74) is 2.60. The fourth-order valence-electron chi connectivity index (χ4n) is 2.84. The second-order valence-corrected chi connectivity index (χ2v) is 5.79. The van der Waals surface area contributed by atoms with E-state index in [1.165, 1.54) is 0 Å². The van der Waals surface area contributed by atoms with Gasteiger partial charge in [-0.2, -0.15) is 9.61 Å². The molecule has 1 amide bonds. The average Bonchev–Trinajstić information content (AvgIpc) is 3.16. The van der Waals surface area contributed by atoms with Crippen LogP contribution in [0, 0.1) is 5.92 Å². The van der Waals surface area contributed by atoms with Crippen molar-refractivity contribution >= 4 is 17.2 Å². The summed E-state index contributed by atoms with van der Waals surface area (Å²) < 4.78 is 6.73. The fraction of sp³-hybridized carbons (Fsp3) is 0.600. The van der Waals surface area contributed by atoms with Gasteiger partial charge in [0, 0.05) is 39.1 Å². The highest BCUT2D eigenvalue weighted by Crippen LogP contribution is 2.20. The molecule has 3 heterocycles. The number of fused-ring (bicyclic) bond motifs is 1. The number of nitrogens with zero attached hydrogens (tertiary/aromatic N) is 5. The van der Waals surface area contributed by atoms with Gasteiger partial charge in [-0.25, -0.2) is 0 Å². The van der Waals surface area contributed by atoms with E-state index in [0.29, 0.717) is 31.1 Å². The maximum Gasteiger partial charge on any atom is 0.223 e. The van der Waals surface area contributed by atoms with Gasteiger partial charge < -0.3 is 15.0 Å². The number of hydrogen-bond donors (Lipinski definition) is 1. The van der Waals surface area contributed by atoms with Crippen LogP contribution < -0.4 is 5.32 Å². The minimum atomic E-state index is 0.199. The third-order valence-corrected chi connectivity index (χ3v) is 4.12. The number of rotatable bonds is 7. The van der Waals surface area contributed by atoms with Crippen LogP contribution in [0.4, 0.5) is 5.69 Å². The normalized spacial score (nSPS) is 18.1. The van der Waals surface area contributed by atoms with Crippen LogP contribution in [0.25, 0.3) is 5.65 Å². The van der Waals surface area contributed by atoms with Gasteiger partial charge in [0.15, 0.2) is 0 Å². The van der Waals surface area contributed by atoms with Gasteiger partial charge >= 0.3 is 0 Å². The Morgan fingerprint density at radius 2 is 2.35 bits per heavy atom. The molecule has 1 fully saturated rings. The number of hydrogen-bond acceptors (Lipinski definition) is 6. The maximum absolute atomic E-state index is 12.0. The fourth-order valence-corrected chi connectivity index (χ4v) is 2.84. The SMILES string of the molecule is CCc1cc(NCC2CC(=O)N(CCOC)C2)c2nncn2n1. The van der Waals surface area contributed by atoms with E-state index in [-0.39, 0.29) is 5.91 Å². The Morgan fingerprint density at radius 3 is 3.13 bits per heavy atom. The number of aryl methyl sites for hydroxylation is 1. The Bertz CT molecular complexity index is 686. The summed E-state index contributed by atoms with van der Waals surface area (Å²) in [6, 6.07) is 2.00. The lowest BCUT2D eigenvalue weighted by Gasteiger charge is -2.16. The lowest BCUT2D eigenvalue weighted by molar-refractivity contribution is -0.128. The van der Waals surface area contributed by atoms with E-state index in [1.54, 1.807) is 18.0 Å². The van der Waals surface area contributed by atoms with Crippen LogP contribution in [-0.4, -0.2) is 64.0 Å². The largest absolute Gasteiger partial charge is 0.383 e. The third kappa shape index (κ3) is 3.42. The van der Waals surface area contributed by atoms with Gasteiger partial charge in [0.2, 0.25) is 11.6 Å². The standard InChI is InChI=1S/C15H22N6O2/c1-3-12-7-13(15-18-17-10-21(15)19-12)16-8-11-6-14(22)20(9-11)4-5-23-2/h7,10-11,16H,3-6,8-9H2,1-2H3. The second kappa shape index (κ2) is 6.91. The first kappa shape index (κ1) is 15.7. The molecule has 0 radical (unpaired) electrons. The summed E-state index contributed by atoms with van der Waals surface area (Å²) in [5.74, 6) is 0.492. The number of likely N-dealkylation sites (tertiary alicyclic amines) is 1. The maximum atomic E-state index is 12.0. The Morgan fingerprint density at radius 1 is 1.48 bits per heavy atom. The van der Waals surface area contributed by atoms with Crippen molar-refractivity contribution in [1.29, 1.82) is 0 Å². The summed E-state index contributed by atoms with van der Waals surface area (Å²) >= 11 is 0. The molecular weight excluding hydrogens is 296 g/mol. The van der Waals surface area contributed by atoms with Gasteiger partial charge in [-0.3, -0.25) is 4.79 Å². The molecule has 0 saturated carbocycles. The molecule has 1 N–H and O–H groups in total. The van der Waals surface area contributed by atoms with Crippen LogP contribution in [-0.2, 0) is 16.0 Å². The summed E-state index contributed by atoms with van der Waals surface area (Å²) in [4.78, 5) is 13.8. The molecule has 23 heavy (non-hydrogen) atoms. The van der Waals surface area contributed by atoms with E-state index in [4.69, 9.17) is 4.74 Å². The molecule has 2 aromatic rings. The molecule has 1 aliphatic heterocycles. The van der Waals surface area contributed by atoms with Crippen LogP contribution in [0.5, 0.6) is 0 Å². The minimum absolute atomic E-state index is 0.199. The molecule has 0 aliphatic carbocycles. The summed E-state index contributed by atoms with van der Waals surface area (Å²) in [6.45, 7) is 4.80. The Labute approximate surface area is 134 Å². The van der Waals surface area contributed by atoms with Crippen LogP contribution in [0.1, 0.15) is 19.0 Å². The predicted octanol–water partition coefficient (Wildman–Crippen LogP) is 0.593. The lowest BCUT2D eigenvalue weighted by atomic mass is 10.1. The van der Waals surface area contributed by atoms with Crippen LogP contribution in [0.3, 0.4) is 0 Å². The van der Waals surface area contributed by atoms with Crippen molar-refractivity contribution in [2.75, 3.05) is 38.7 Å². The van der Waals surface area contributed by atoms with Crippen LogP contribution in [0.2, 0.25) is 0 Å². The van der Waals surface area contributed by atoms with Crippen molar-refractivity contribution in [2.45, 2.75) is 19.8 Å². The molecule has 0 bridgehead atoms. The molecule has 1 saturated heterocycles. The molecule has 1 atom stereocenters. The van der Waals surface area contributed by atoms with Crippen molar-refractivity contribution < 1.29 is 9.53 Å². The number of methoxy groups -OCH3 is 1. The average molecular weight is 318 g/mol. The number of carbonyl (C=O) groups excluding carboxylic acids is 1. The first-order valence-electron chi connectivity index (χ1n) is 7.91. The molecule has 8 heteroatoms. The van der Waals surface area contributed by atoms with Gasteiger partial charge in [0.05, 0.1) is 18.0 Å². The van der Waals surface area contributed by atoms with Crippen molar-refractivity contribution in [1.82, 2.24) is 24.7 Å². The zero-order chi connectivity index (χ0) is 16.2. The molecule has 3 rings (SSSR count). The van der Waals surface area contributed by atoms with E-state index < -0.39 is 0 Å². The van der Waals surface area contributed by atoms with E-state index in [9.17, 15) is 4.79 Å². The van der Waals surface area contributed by atoms with Gasteiger partial charge in [-0.1, -0.05) is 6.92 Å². The zero-order valence-electron chi connectivity index (χ0n) is 13.5. The van der Waals surface area contributed by atoms with Crippen molar-refractivity contribution in [2.24, 2.45) is 5.92 Å². The summed E-state index contributed by atoms with van der Waals surface area (Å²) in [7, 11) is 1.65. The van der Waals surface area contributed by atoms with Crippen molar-refractivity contribution in [3.8, 4) is 0 Å². The molecule has 1 unspecified atom stereocenters. The number of amides is 1. The monoisotopic (exact) mass is 318 g/mol. The number of nitrogens with one attached hydrogen (secondary N) is 1. The van der Waals surface area contributed by atoms with E-state index in [1.807, 2.05) is 11.0 Å². The Hall–Kier alpha value is -2.22. The van der Waals surface area contributed by atoms with E-state index in [0.717, 1.165) is 30.9 Å². The third-order valence-electron chi connectivity index (χ3n) is 4.12. The highest BCUT2D eigenvalue weighted by molar-refractivity contribution is 5.78. The molecule has 124 valence electrons. The van der Waals surface area contributed by atoms with Gasteiger partial charge in [0.1, 0.15) is 6.33 Å². The van der Waals surface area contributed by atoms with Crippen molar-refractivity contribution in [3.05, 3.63) is 18.1 Å². The Kier molecular flexibility index (Phi) is 4.71. The van der Waals surface area contributed by atoms with Crippen molar-refractivity contribution in [3.63, 3.8) is 0 Å². The Balaban J connectivity index is 1.65. The molecule has 0 aromatic carbocycles. The van der Waals surface area contributed by atoms with Crippen LogP contribution in [0.15, 0.2) is 12.4 Å². The first-order valence-corrected chi connectivity index (χ1v) is 7.91. The molecule has 1 aliphatic rings. The zero-order valence-corrected chi connectivity index (χ0v) is 13.5. The van der Waals surface area contributed by atoms with E-state index >= 15 is 0 Å². The second-order valence-electron chi connectivity index (χ2n) is 5.79. The highest BCUT2D eigenvalue weighted by atomic mass is 16.5. The lowest BCUT2D eigenvalue weighted by Crippen LogP contribution is -2.29. The number of anilines is 1. The van der Waals surface area contributed by atoms with Gasteiger partial charge in [0.25, 0.3) is 0 Å². The number of ether oxygens (including phenoxy) is 1. The molecule has 8 nitrogen and oxygen atoms in total. The highest BCUT2D eigenvalue weighted by Gasteiger charge is 2.29. The minimum Gasteiger partial charge on any atom is -0.383 e.